The summed E-state index contributed by atoms with van der Waals surface area (Å²) in [6, 6.07) is 22.7. The van der Waals surface area contributed by atoms with Crippen molar-refractivity contribution in [2.45, 2.75) is 0 Å². The second-order valence-corrected chi connectivity index (χ2v) is 6.31. The molecule has 2 heterocycles. The van der Waals surface area contributed by atoms with E-state index in [2.05, 4.69) is 15.3 Å². The van der Waals surface area contributed by atoms with Gasteiger partial charge in [0.15, 0.2) is 0 Å². The molecule has 3 aromatic carbocycles. The van der Waals surface area contributed by atoms with Gasteiger partial charge in [0.05, 0.1) is 17.3 Å². The molecule has 5 rings (SSSR count). The summed E-state index contributed by atoms with van der Waals surface area (Å²) in [6.07, 6.45) is 1.61. The molecule has 2 aromatic heterocycles. The smallest absolute Gasteiger partial charge is 0.255 e. The maximum atomic E-state index is 12.5. The first-order valence-electron chi connectivity index (χ1n) is 8.60. The Morgan fingerprint density at radius 2 is 1.81 bits per heavy atom. The molecular formula is C22H15N3O2. The monoisotopic (exact) mass is 353 g/mol. The van der Waals surface area contributed by atoms with E-state index in [0.29, 0.717) is 5.56 Å². The largest absolute Gasteiger partial charge is 0.464 e. The minimum atomic E-state index is -0.158. The number of benzene rings is 3. The number of nitrogens with zero attached hydrogens (tertiary/aromatic N) is 1. The van der Waals surface area contributed by atoms with Crippen LogP contribution in [-0.2, 0) is 0 Å². The van der Waals surface area contributed by atoms with Gasteiger partial charge in [-0.1, -0.05) is 12.1 Å². The van der Waals surface area contributed by atoms with Gasteiger partial charge in [0.2, 0.25) is 0 Å². The zero-order chi connectivity index (χ0) is 18.2. The van der Waals surface area contributed by atoms with Crippen molar-refractivity contribution in [3.63, 3.8) is 0 Å². The molecule has 0 unspecified atom stereocenters. The van der Waals surface area contributed by atoms with Crippen molar-refractivity contribution in [3.05, 3.63) is 84.6 Å². The van der Waals surface area contributed by atoms with Gasteiger partial charge < -0.3 is 14.7 Å². The van der Waals surface area contributed by atoms with Crippen molar-refractivity contribution in [2.24, 2.45) is 0 Å². The average Bonchev–Trinajstić information content (AvgIpc) is 3.34. The van der Waals surface area contributed by atoms with Crippen LogP contribution in [0.4, 0.5) is 5.69 Å². The van der Waals surface area contributed by atoms with Crippen LogP contribution in [0.5, 0.6) is 0 Å². The van der Waals surface area contributed by atoms with E-state index in [1.54, 1.807) is 18.4 Å². The number of anilines is 1. The topological polar surface area (TPSA) is 70.9 Å². The van der Waals surface area contributed by atoms with Gasteiger partial charge in [-0.3, -0.25) is 4.79 Å². The van der Waals surface area contributed by atoms with E-state index >= 15 is 0 Å². The maximum absolute atomic E-state index is 12.5. The summed E-state index contributed by atoms with van der Waals surface area (Å²) in [4.78, 5) is 20.4. The molecule has 0 saturated carbocycles. The Balaban J connectivity index is 1.37. The number of para-hydroxylation sites is 2. The molecule has 2 N–H and O–H groups in total. The lowest BCUT2D eigenvalue weighted by atomic mass is 10.1. The first-order valence-corrected chi connectivity index (χ1v) is 8.60. The highest BCUT2D eigenvalue weighted by molar-refractivity contribution is 6.06. The average molecular weight is 353 g/mol. The number of carbonyl (C=O) groups excluding carboxylic acids is 1. The molecule has 5 heteroatoms. The predicted octanol–water partition coefficient (Wildman–Crippen LogP) is 5.23. The van der Waals surface area contributed by atoms with Crippen molar-refractivity contribution in [1.82, 2.24) is 9.97 Å². The Morgan fingerprint density at radius 3 is 2.67 bits per heavy atom. The van der Waals surface area contributed by atoms with Crippen LogP contribution in [0.1, 0.15) is 10.4 Å². The molecule has 0 spiro atoms. The zero-order valence-electron chi connectivity index (χ0n) is 14.3. The van der Waals surface area contributed by atoms with E-state index in [1.807, 2.05) is 60.7 Å². The number of H-pyrrole nitrogens is 1. The van der Waals surface area contributed by atoms with Gasteiger partial charge in [-0.15, -0.1) is 0 Å². The number of amides is 1. The van der Waals surface area contributed by atoms with Crippen molar-refractivity contribution in [1.29, 1.82) is 0 Å². The highest BCUT2D eigenvalue weighted by Crippen LogP contribution is 2.23. The summed E-state index contributed by atoms with van der Waals surface area (Å²) in [5.74, 6) is 0.647. The fourth-order valence-electron chi connectivity index (χ4n) is 3.11. The molecule has 0 fully saturated rings. The fraction of sp³-hybridized carbons (Fsp3) is 0. The summed E-state index contributed by atoms with van der Waals surface area (Å²) >= 11 is 0. The number of hydrogen-bond acceptors (Lipinski definition) is 3. The van der Waals surface area contributed by atoms with Crippen LogP contribution in [0.25, 0.3) is 33.4 Å². The lowest BCUT2D eigenvalue weighted by molar-refractivity contribution is 0.102. The Bertz CT molecular complexity index is 1230. The van der Waals surface area contributed by atoms with Crippen LogP contribution in [0.2, 0.25) is 0 Å². The van der Waals surface area contributed by atoms with Gasteiger partial charge in [0, 0.05) is 22.2 Å². The highest BCUT2D eigenvalue weighted by Gasteiger charge is 2.09. The molecular weight excluding hydrogens is 338 g/mol. The Hall–Kier alpha value is -3.86. The van der Waals surface area contributed by atoms with E-state index in [0.717, 1.165) is 39.1 Å². The van der Waals surface area contributed by atoms with E-state index < -0.39 is 0 Å². The third-order valence-corrected chi connectivity index (χ3v) is 4.52. The number of aromatic nitrogens is 2. The van der Waals surface area contributed by atoms with Crippen molar-refractivity contribution >= 4 is 33.6 Å². The summed E-state index contributed by atoms with van der Waals surface area (Å²) in [5, 5.41) is 3.83. The Morgan fingerprint density at radius 1 is 0.963 bits per heavy atom. The van der Waals surface area contributed by atoms with Crippen molar-refractivity contribution in [2.75, 3.05) is 5.32 Å². The van der Waals surface area contributed by atoms with Crippen LogP contribution in [-0.4, -0.2) is 15.9 Å². The number of aromatic amines is 1. The molecule has 5 aromatic rings. The summed E-state index contributed by atoms with van der Waals surface area (Å²) in [7, 11) is 0. The number of carbonyl (C=O) groups is 1. The number of furan rings is 1. The molecule has 0 aliphatic carbocycles. The third-order valence-electron chi connectivity index (χ3n) is 4.52. The molecule has 130 valence electrons. The van der Waals surface area contributed by atoms with E-state index in [1.165, 1.54) is 0 Å². The molecule has 0 atom stereocenters. The highest BCUT2D eigenvalue weighted by atomic mass is 16.3. The van der Waals surface area contributed by atoms with Crippen molar-refractivity contribution in [3.8, 4) is 11.4 Å². The lowest BCUT2D eigenvalue weighted by Gasteiger charge is -2.06. The second-order valence-electron chi connectivity index (χ2n) is 6.31. The molecule has 0 aliphatic rings. The van der Waals surface area contributed by atoms with Crippen LogP contribution in [0.3, 0.4) is 0 Å². The fourth-order valence-corrected chi connectivity index (χ4v) is 3.11. The molecule has 0 saturated heterocycles. The normalized spacial score (nSPS) is 11.1. The number of imidazole rings is 1. The quantitative estimate of drug-likeness (QED) is 0.467. The van der Waals surface area contributed by atoms with Crippen LogP contribution in [0.15, 0.2) is 83.5 Å². The molecule has 27 heavy (non-hydrogen) atoms. The lowest BCUT2D eigenvalue weighted by Crippen LogP contribution is -2.11. The summed E-state index contributed by atoms with van der Waals surface area (Å²) in [5.41, 5.74) is 4.97. The first kappa shape index (κ1) is 15.4. The number of hydrogen-bond donors (Lipinski definition) is 2. The van der Waals surface area contributed by atoms with Gasteiger partial charge in [-0.2, -0.15) is 0 Å². The Labute approximate surface area is 154 Å². The molecule has 0 aliphatic heterocycles. The van der Waals surface area contributed by atoms with E-state index in [9.17, 15) is 4.79 Å². The van der Waals surface area contributed by atoms with Gasteiger partial charge in [0.1, 0.15) is 11.4 Å². The van der Waals surface area contributed by atoms with Gasteiger partial charge >= 0.3 is 0 Å². The number of fused-ring (bicyclic) bond motifs is 2. The molecule has 1 amide bonds. The standard InChI is InChI=1S/C22H15N3O2/c26-22(16-7-10-20-15(13-16)11-12-27-20)23-17-8-5-14(6-9-17)21-24-18-3-1-2-4-19(18)25-21/h1-13H,(H,23,26)(H,24,25). The van der Waals surface area contributed by atoms with Gasteiger partial charge in [-0.05, 0) is 60.7 Å². The second kappa shape index (κ2) is 6.14. The zero-order valence-corrected chi connectivity index (χ0v) is 14.3. The Kier molecular flexibility index (Phi) is 3.50. The van der Waals surface area contributed by atoms with Crippen molar-refractivity contribution < 1.29 is 9.21 Å². The first-order chi connectivity index (χ1) is 13.3. The SMILES string of the molecule is O=C(Nc1ccc(-c2nc3ccccc3[nH]2)cc1)c1ccc2occc2c1. The summed E-state index contributed by atoms with van der Waals surface area (Å²) in [6.45, 7) is 0. The van der Waals surface area contributed by atoms with Gasteiger partial charge in [0.25, 0.3) is 5.91 Å². The molecule has 0 bridgehead atoms. The number of rotatable bonds is 3. The molecule has 0 radical (unpaired) electrons. The molecule has 5 nitrogen and oxygen atoms in total. The predicted molar refractivity (Wildman–Crippen MR) is 106 cm³/mol. The number of nitrogens with one attached hydrogen (secondary N) is 2. The third kappa shape index (κ3) is 2.85. The minimum Gasteiger partial charge on any atom is -0.464 e. The van der Waals surface area contributed by atoms with Crippen LogP contribution >= 0.6 is 0 Å². The minimum absolute atomic E-state index is 0.158. The summed E-state index contributed by atoms with van der Waals surface area (Å²) < 4.78 is 5.31. The van der Waals surface area contributed by atoms with Crippen LogP contribution in [0, 0.1) is 0 Å². The maximum Gasteiger partial charge on any atom is 0.255 e. The van der Waals surface area contributed by atoms with Gasteiger partial charge in [-0.25, -0.2) is 4.98 Å². The van der Waals surface area contributed by atoms with E-state index in [-0.39, 0.29) is 5.91 Å². The van der Waals surface area contributed by atoms with Crippen LogP contribution < -0.4 is 5.32 Å². The van der Waals surface area contributed by atoms with E-state index in [4.69, 9.17) is 4.42 Å².